The summed E-state index contributed by atoms with van der Waals surface area (Å²) in [7, 11) is 1.47. The number of alkyl halides is 6. The monoisotopic (exact) mass is 603 g/mol. The number of nitrogens with two attached hydrogens (primary N) is 1. The predicted molar refractivity (Wildman–Crippen MR) is 144 cm³/mol. The molecular weight excluding hydrogens is 567 g/mol. The van der Waals surface area contributed by atoms with E-state index in [0.29, 0.717) is 43.8 Å². The minimum absolute atomic E-state index is 0.0322. The predicted octanol–water partition coefficient (Wildman–Crippen LogP) is 6.28. The van der Waals surface area contributed by atoms with Crippen LogP contribution in [0.4, 0.5) is 30.7 Å². The topological polar surface area (TPSA) is 66.6 Å². The zero-order chi connectivity index (χ0) is 32.0. The third-order valence-electron chi connectivity index (χ3n) is 8.24. The molecule has 0 spiro atoms. The number of aryl methyl sites for hydroxylation is 1. The van der Waals surface area contributed by atoms with Crippen LogP contribution in [0, 0.1) is 18.2 Å². The van der Waals surface area contributed by atoms with Crippen LogP contribution in [-0.2, 0) is 27.4 Å². The normalized spacial score (nSPS) is 19.1. The van der Waals surface area contributed by atoms with E-state index in [2.05, 4.69) is 0 Å². The Bertz CT molecular complexity index is 1300. The van der Waals surface area contributed by atoms with E-state index >= 15 is 0 Å². The first-order valence-corrected chi connectivity index (χ1v) is 13.4. The fourth-order valence-corrected chi connectivity index (χ4v) is 5.64. The van der Waals surface area contributed by atoms with E-state index in [9.17, 15) is 40.3 Å². The van der Waals surface area contributed by atoms with Crippen molar-refractivity contribution in [3.05, 3.63) is 70.0 Å². The number of carbonyl (C=O) groups is 2. The van der Waals surface area contributed by atoms with Gasteiger partial charge in [0.1, 0.15) is 5.82 Å². The third kappa shape index (κ3) is 7.07. The number of halogens is 7. The lowest BCUT2D eigenvalue weighted by Gasteiger charge is -2.46. The zero-order valence-electron chi connectivity index (χ0n) is 24.4. The molecule has 0 unspecified atom stereocenters. The van der Waals surface area contributed by atoms with Crippen LogP contribution < -0.4 is 5.73 Å². The van der Waals surface area contributed by atoms with E-state index in [4.69, 9.17) is 5.73 Å². The van der Waals surface area contributed by atoms with Crippen LogP contribution in [0.1, 0.15) is 67.9 Å². The molecule has 0 aromatic heterocycles. The van der Waals surface area contributed by atoms with Crippen LogP contribution >= 0.6 is 0 Å². The van der Waals surface area contributed by atoms with Crippen molar-refractivity contribution >= 4 is 11.8 Å². The van der Waals surface area contributed by atoms with Crippen LogP contribution in [0.15, 0.2) is 36.4 Å². The number of hydrogen-bond donors (Lipinski definition) is 1. The zero-order valence-corrected chi connectivity index (χ0v) is 24.4. The molecule has 2 amide bonds. The molecule has 42 heavy (non-hydrogen) atoms. The Hall–Kier alpha value is -3.15. The van der Waals surface area contributed by atoms with Gasteiger partial charge >= 0.3 is 12.4 Å². The molecule has 0 aliphatic carbocycles. The number of piperidine rings is 1. The molecule has 1 saturated heterocycles. The summed E-state index contributed by atoms with van der Waals surface area (Å²) in [4.78, 5) is 29.3. The quantitative estimate of drug-likeness (QED) is 0.379. The van der Waals surface area contributed by atoms with Crippen LogP contribution in [0.5, 0.6) is 0 Å². The van der Waals surface area contributed by atoms with Crippen molar-refractivity contribution in [1.82, 2.24) is 9.80 Å². The third-order valence-corrected chi connectivity index (χ3v) is 8.24. The maximum Gasteiger partial charge on any atom is 0.416 e. The number of hydrogen-bond acceptors (Lipinski definition) is 3. The van der Waals surface area contributed by atoms with Crippen LogP contribution in [0.3, 0.4) is 0 Å². The number of rotatable bonds is 7. The van der Waals surface area contributed by atoms with Crippen molar-refractivity contribution in [3.8, 4) is 0 Å². The van der Waals surface area contributed by atoms with Crippen molar-refractivity contribution in [1.29, 1.82) is 0 Å². The molecule has 12 heteroatoms. The number of likely N-dealkylation sites (N-methyl/N-ethyl adjacent to an activating group) is 1. The Morgan fingerprint density at radius 3 is 1.93 bits per heavy atom. The molecule has 1 heterocycles. The summed E-state index contributed by atoms with van der Waals surface area (Å²) in [5.41, 5.74) is 0.880. The summed E-state index contributed by atoms with van der Waals surface area (Å²) in [6.45, 7) is 8.85. The van der Waals surface area contributed by atoms with Gasteiger partial charge in [-0.1, -0.05) is 6.07 Å². The SMILES string of the molecule is Cc1cc(F)ccc1[C@H]1CN(CC(C)(C)C(N)=O)CC[C@@H]1N(C)C(=O)C(C)(C)c1cc(C(F)(F)F)cc(C(F)(F)F)c1. The van der Waals surface area contributed by atoms with Crippen molar-refractivity contribution in [2.45, 2.75) is 70.8 Å². The molecule has 2 N–H and O–H groups in total. The van der Waals surface area contributed by atoms with Crippen LogP contribution in [0.2, 0.25) is 0 Å². The molecule has 1 aliphatic heterocycles. The van der Waals surface area contributed by atoms with Crippen LogP contribution in [0.25, 0.3) is 0 Å². The number of carbonyl (C=O) groups excluding carboxylic acids is 2. The van der Waals surface area contributed by atoms with E-state index in [1.165, 1.54) is 37.9 Å². The molecule has 5 nitrogen and oxygen atoms in total. The van der Waals surface area contributed by atoms with E-state index < -0.39 is 69.5 Å². The van der Waals surface area contributed by atoms with E-state index in [1.54, 1.807) is 26.8 Å². The highest BCUT2D eigenvalue weighted by atomic mass is 19.4. The Kier molecular flexibility index (Phi) is 9.13. The standard InChI is InChI=1S/C30H36F7N3O2/c1-17-11-21(31)7-8-22(17)23-15-40(16-27(2,3)25(38)41)10-9-24(23)39(6)26(42)28(4,5)18-12-19(29(32,33)34)14-20(13-18)30(35,36)37/h7-8,11-14,23-24H,9-10,15-16H2,1-6H3,(H2,38,41)/t23-,24+/m1/s1. The van der Waals surface area contributed by atoms with Gasteiger partial charge in [-0.2, -0.15) is 26.3 Å². The van der Waals surface area contributed by atoms with Crippen molar-refractivity contribution in [2.75, 3.05) is 26.7 Å². The first-order chi connectivity index (χ1) is 19.1. The number of primary amides is 1. The molecular formula is C30H36F7N3O2. The second-order valence-electron chi connectivity index (χ2n) is 12.3. The average Bonchev–Trinajstić information content (AvgIpc) is 2.86. The summed E-state index contributed by atoms with van der Waals surface area (Å²) in [5, 5.41) is 0. The van der Waals surface area contributed by atoms with Gasteiger partial charge in [-0.15, -0.1) is 0 Å². The molecule has 0 radical (unpaired) electrons. The minimum Gasteiger partial charge on any atom is -0.369 e. The molecule has 1 fully saturated rings. The van der Waals surface area contributed by atoms with Crippen molar-refractivity contribution < 1.29 is 40.3 Å². The van der Waals surface area contributed by atoms with Crippen molar-refractivity contribution in [3.63, 3.8) is 0 Å². The van der Waals surface area contributed by atoms with Gasteiger partial charge in [0.05, 0.1) is 22.0 Å². The van der Waals surface area contributed by atoms with Gasteiger partial charge in [-0.25, -0.2) is 4.39 Å². The smallest absolute Gasteiger partial charge is 0.369 e. The summed E-state index contributed by atoms with van der Waals surface area (Å²) < 4.78 is 95.3. The molecule has 2 aromatic carbocycles. The second kappa shape index (κ2) is 11.5. The van der Waals surface area contributed by atoms with E-state index in [0.717, 1.165) is 5.56 Å². The lowest BCUT2D eigenvalue weighted by atomic mass is 9.78. The molecule has 0 bridgehead atoms. The largest absolute Gasteiger partial charge is 0.416 e. The van der Waals surface area contributed by atoms with Crippen LogP contribution in [-0.4, -0.2) is 54.3 Å². The minimum atomic E-state index is -5.06. The van der Waals surface area contributed by atoms with Gasteiger partial charge in [0.2, 0.25) is 11.8 Å². The van der Waals surface area contributed by atoms with Gasteiger partial charge in [-0.3, -0.25) is 9.59 Å². The molecule has 2 aromatic rings. The van der Waals surface area contributed by atoms with Gasteiger partial charge in [0, 0.05) is 38.6 Å². The van der Waals surface area contributed by atoms with E-state index in [-0.39, 0.29) is 6.07 Å². The Morgan fingerprint density at radius 1 is 0.929 bits per heavy atom. The first-order valence-electron chi connectivity index (χ1n) is 13.4. The summed E-state index contributed by atoms with van der Waals surface area (Å²) >= 11 is 0. The highest BCUT2D eigenvalue weighted by Crippen LogP contribution is 2.41. The molecule has 232 valence electrons. The number of nitrogens with zero attached hydrogens (tertiary/aromatic N) is 2. The highest BCUT2D eigenvalue weighted by molar-refractivity contribution is 5.87. The average molecular weight is 604 g/mol. The maximum atomic E-state index is 14.0. The number of benzene rings is 2. The second-order valence-corrected chi connectivity index (χ2v) is 12.3. The fourth-order valence-electron chi connectivity index (χ4n) is 5.64. The summed E-state index contributed by atoms with van der Waals surface area (Å²) in [6.07, 6.45) is -9.74. The first kappa shape index (κ1) is 33.4. The number of likely N-dealkylation sites (tertiary alicyclic amines) is 1. The van der Waals surface area contributed by atoms with E-state index in [1.807, 2.05) is 4.90 Å². The Labute approximate surface area is 240 Å². The van der Waals surface area contributed by atoms with Crippen molar-refractivity contribution in [2.24, 2.45) is 11.1 Å². The van der Waals surface area contributed by atoms with Gasteiger partial charge < -0.3 is 15.5 Å². The van der Waals surface area contributed by atoms with Gasteiger partial charge in [0.15, 0.2) is 0 Å². The summed E-state index contributed by atoms with van der Waals surface area (Å²) in [5.74, 6) is -2.02. The fraction of sp³-hybridized carbons (Fsp3) is 0.533. The molecule has 1 aliphatic rings. The molecule has 2 atom stereocenters. The Morgan fingerprint density at radius 2 is 1.45 bits per heavy atom. The molecule has 3 rings (SSSR count). The lowest BCUT2D eigenvalue weighted by Crippen LogP contribution is -2.55. The lowest BCUT2D eigenvalue weighted by molar-refractivity contribution is -0.144. The van der Waals surface area contributed by atoms with Gasteiger partial charge in [-0.05, 0) is 88.1 Å². The number of amides is 2. The maximum absolute atomic E-state index is 14.0. The summed E-state index contributed by atoms with van der Waals surface area (Å²) in [6, 6.07) is 4.92. The molecule has 0 saturated carbocycles. The Balaban J connectivity index is 2.03. The highest BCUT2D eigenvalue weighted by Gasteiger charge is 2.44. The van der Waals surface area contributed by atoms with Gasteiger partial charge in [0.25, 0.3) is 0 Å².